The van der Waals surface area contributed by atoms with Crippen molar-refractivity contribution in [1.82, 2.24) is 10.2 Å². The van der Waals surface area contributed by atoms with E-state index >= 15 is 0 Å². The molecule has 1 amide bonds. The van der Waals surface area contributed by atoms with E-state index in [1.54, 1.807) is 0 Å². The van der Waals surface area contributed by atoms with E-state index in [1.165, 1.54) is 16.8 Å². The largest absolute Gasteiger partial charge is 0.455 e. The number of aromatic nitrogens is 1. The molecule has 0 atom stereocenters. The number of carbonyl (C=O) groups is 2. The van der Waals surface area contributed by atoms with Crippen LogP contribution in [0, 0.1) is 13.8 Å². The minimum atomic E-state index is -0.424. The number of benzene rings is 1. The standard InChI is InChI=1S/C19H21N3O4S/c1-13-16(14(2)26-21-13)11-27-12-19(24)25-10-18(23)22-9-8-17(20-22)15-6-4-3-5-7-15/h3-7H,8-12H2,1-2H3. The van der Waals surface area contributed by atoms with Gasteiger partial charge >= 0.3 is 5.97 Å². The lowest BCUT2D eigenvalue weighted by molar-refractivity contribution is -0.149. The average molecular weight is 387 g/mol. The third-order valence-corrected chi connectivity index (χ3v) is 5.13. The van der Waals surface area contributed by atoms with Gasteiger partial charge in [0, 0.05) is 17.7 Å². The Kier molecular flexibility index (Phi) is 6.28. The Morgan fingerprint density at radius 1 is 1.26 bits per heavy atom. The van der Waals surface area contributed by atoms with E-state index < -0.39 is 5.97 Å². The predicted molar refractivity (Wildman–Crippen MR) is 102 cm³/mol. The highest BCUT2D eigenvalue weighted by Crippen LogP contribution is 2.19. The van der Waals surface area contributed by atoms with Crippen LogP contribution in [-0.4, -0.2) is 46.7 Å². The number of amides is 1. The summed E-state index contributed by atoms with van der Waals surface area (Å²) in [5, 5.41) is 9.58. The zero-order valence-electron chi connectivity index (χ0n) is 15.3. The number of rotatable bonds is 7. The van der Waals surface area contributed by atoms with E-state index in [4.69, 9.17) is 9.26 Å². The lowest BCUT2D eigenvalue weighted by Crippen LogP contribution is -2.29. The van der Waals surface area contributed by atoms with Gasteiger partial charge in [-0.2, -0.15) is 5.10 Å². The molecule has 0 radical (unpaired) electrons. The topological polar surface area (TPSA) is 85.0 Å². The molecular weight excluding hydrogens is 366 g/mol. The quantitative estimate of drug-likeness (QED) is 0.679. The fraction of sp³-hybridized carbons (Fsp3) is 0.368. The first-order valence-corrected chi connectivity index (χ1v) is 9.78. The lowest BCUT2D eigenvalue weighted by atomic mass is 10.1. The van der Waals surface area contributed by atoms with E-state index in [9.17, 15) is 9.59 Å². The van der Waals surface area contributed by atoms with Crippen LogP contribution < -0.4 is 0 Å². The van der Waals surface area contributed by atoms with Crippen LogP contribution in [0.15, 0.2) is 40.0 Å². The summed E-state index contributed by atoms with van der Waals surface area (Å²) in [6, 6.07) is 9.73. The molecule has 27 heavy (non-hydrogen) atoms. The van der Waals surface area contributed by atoms with E-state index in [1.807, 2.05) is 44.2 Å². The van der Waals surface area contributed by atoms with Crippen LogP contribution in [0.3, 0.4) is 0 Å². The van der Waals surface area contributed by atoms with Crippen molar-refractivity contribution in [2.24, 2.45) is 5.10 Å². The molecule has 2 aromatic rings. The van der Waals surface area contributed by atoms with Gasteiger partial charge in [-0.1, -0.05) is 35.5 Å². The summed E-state index contributed by atoms with van der Waals surface area (Å²) in [4.78, 5) is 24.0. The van der Waals surface area contributed by atoms with Crippen molar-refractivity contribution in [2.75, 3.05) is 18.9 Å². The first-order chi connectivity index (χ1) is 13.0. The zero-order valence-corrected chi connectivity index (χ0v) is 16.1. The van der Waals surface area contributed by atoms with Crippen LogP contribution in [0.5, 0.6) is 0 Å². The molecule has 142 valence electrons. The second-order valence-corrected chi connectivity index (χ2v) is 7.12. The normalized spacial score (nSPS) is 13.6. The highest BCUT2D eigenvalue weighted by atomic mass is 32.2. The van der Waals surface area contributed by atoms with Gasteiger partial charge in [-0.25, -0.2) is 5.01 Å². The lowest BCUT2D eigenvalue weighted by Gasteiger charge is -2.11. The van der Waals surface area contributed by atoms with Gasteiger partial charge in [-0.3, -0.25) is 9.59 Å². The van der Waals surface area contributed by atoms with Gasteiger partial charge in [0.15, 0.2) is 6.61 Å². The van der Waals surface area contributed by atoms with Crippen LogP contribution in [0.1, 0.15) is 29.0 Å². The van der Waals surface area contributed by atoms with Crippen LogP contribution in [0.2, 0.25) is 0 Å². The molecule has 0 N–H and O–H groups in total. The smallest absolute Gasteiger partial charge is 0.316 e. The Labute approximate surface area is 161 Å². The highest BCUT2D eigenvalue weighted by Gasteiger charge is 2.22. The average Bonchev–Trinajstić information content (AvgIpc) is 3.29. The minimum Gasteiger partial charge on any atom is -0.455 e. The summed E-state index contributed by atoms with van der Waals surface area (Å²) < 4.78 is 10.2. The van der Waals surface area contributed by atoms with E-state index in [-0.39, 0.29) is 18.3 Å². The van der Waals surface area contributed by atoms with Crippen molar-refractivity contribution in [2.45, 2.75) is 26.0 Å². The number of ether oxygens (including phenoxy) is 1. The molecule has 0 saturated heterocycles. The Balaban J connectivity index is 1.41. The first-order valence-electron chi connectivity index (χ1n) is 8.63. The summed E-state index contributed by atoms with van der Waals surface area (Å²) in [5.74, 6) is 0.790. The summed E-state index contributed by atoms with van der Waals surface area (Å²) in [6.45, 7) is 3.91. The molecule has 1 aliphatic heterocycles. The second-order valence-electron chi connectivity index (χ2n) is 6.14. The Bertz CT molecular complexity index is 828. The third kappa shape index (κ3) is 4.97. The van der Waals surface area contributed by atoms with Gasteiger partial charge in [0.25, 0.3) is 5.91 Å². The van der Waals surface area contributed by atoms with Gasteiger partial charge in [0.1, 0.15) is 5.76 Å². The van der Waals surface area contributed by atoms with Gasteiger partial charge in [0.2, 0.25) is 0 Å². The molecule has 7 nitrogen and oxygen atoms in total. The number of hydrogen-bond acceptors (Lipinski definition) is 7. The van der Waals surface area contributed by atoms with Crippen molar-refractivity contribution >= 4 is 29.4 Å². The van der Waals surface area contributed by atoms with Crippen LogP contribution >= 0.6 is 11.8 Å². The summed E-state index contributed by atoms with van der Waals surface area (Å²) in [6.07, 6.45) is 0.691. The number of aryl methyl sites for hydroxylation is 2. The molecule has 1 aromatic carbocycles. The fourth-order valence-electron chi connectivity index (χ4n) is 2.67. The van der Waals surface area contributed by atoms with Crippen molar-refractivity contribution in [3.05, 3.63) is 52.9 Å². The molecular formula is C19H21N3O4S. The molecule has 0 bridgehead atoms. The zero-order chi connectivity index (χ0) is 19.2. The first kappa shape index (κ1) is 19.2. The Hall–Kier alpha value is -2.61. The highest BCUT2D eigenvalue weighted by molar-refractivity contribution is 7.99. The van der Waals surface area contributed by atoms with Gasteiger partial charge < -0.3 is 9.26 Å². The summed E-state index contributed by atoms with van der Waals surface area (Å²) in [7, 11) is 0. The summed E-state index contributed by atoms with van der Waals surface area (Å²) >= 11 is 1.40. The molecule has 0 fully saturated rings. The minimum absolute atomic E-state index is 0.163. The number of thioether (sulfide) groups is 1. The van der Waals surface area contributed by atoms with Crippen LogP contribution in [-0.2, 0) is 20.1 Å². The van der Waals surface area contributed by atoms with E-state index in [2.05, 4.69) is 10.3 Å². The predicted octanol–water partition coefficient (Wildman–Crippen LogP) is 2.70. The molecule has 0 spiro atoms. The van der Waals surface area contributed by atoms with Crippen LogP contribution in [0.25, 0.3) is 0 Å². The fourth-order valence-corrected chi connectivity index (χ4v) is 3.64. The monoisotopic (exact) mass is 387 g/mol. The maximum absolute atomic E-state index is 12.2. The molecule has 0 unspecified atom stereocenters. The number of hydrazone groups is 1. The summed E-state index contributed by atoms with van der Waals surface area (Å²) in [5.41, 5.74) is 3.68. The van der Waals surface area contributed by atoms with Crippen LogP contribution in [0.4, 0.5) is 0 Å². The van der Waals surface area contributed by atoms with Crippen molar-refractivity contribution in [3.8, 4) is 0 Å². The van der Waals surface area contributed by atoms with Gasteiger partial charge in [-0.15, -0.1) is 11.8 Å². The SMILES string of the molecule is Cc1noc(C)c1CSCC(=O)OCC(=O)N1CCC(c2ccccc2)=N1. The number of carbonyl (C=O) groups excluding carboxylic acids is 2. The van der Waals surface area contributed by atoms with Gasteiger partial charge in [0.05, 0.1) is 23.7 Å². The van der Waals surface area contributed by atoms with Crippen molar-refractivity contribution in [1.29, 1.82) is 0 Å². The third-order valence-electron chi connectivity index (χ3n) is 4.20. The Morgan fingerprint density at radius 2 is 2.04 bits per heavy atom. The molecule has 2 heterocycles. The van der Waals surface area contributed by atoms with Gasteiger partial charge in [-0.05, 0) is 19.4 Å². The number of hydrogen-bond donors (Lipinski definition) is 0. The number of esters is 1. The second kappa shape index (κ2) is 8.85. The molecule has 1 aromatic heterocycles. The maximum Gasteiger partial charge on any atom is 0.316 e. The molecule has 0 aliphatic carbocycles. The van der Waals surface area contributed by atoms with E-state index in [0.29, 0.717) is 18.7 Å². The molecule has 0 saturated carbocycles. The van der Waals surface area contributed by atoms with Crippen molar-refractivity contribution < 1.29 is 18.8 Å². The number of nitrogens with zero attached hydrogens (tertiary/aromatic N) is 3. The molecule has 8 heteroatoms. The Morgan fingerprint density at radius 3 is 2.74 bits per heavy atom. The molecule has 3 rings (SSSR count). The van der Waals surface area contributed by atoms with Crippen molar-refractivity contribution in [3.63, 3.8) is 0 Å². The molecule has 1 aliphatic rings. The maximum atomic E-state index is 12.2. The van der Waals surface area contributed by atoms with E-state index in [0.717, 1.165) is 28.3 Å².